The van der Waals surface area contributed by atoms with Crippen LogP contribution in [0.3, 0.4) is 0 Å². The molecule has 0 spiro atoms. The van der Waals surface area contributed by atoms with Gasteiger partial charge < -0.3 is 35.0 Å². The van der Waals surface area contributed by atoms with E-state index in [0.29, 0.717) is 0 Å². The van der Waals surface area contributed by atoms with E-state index in [1.54, 1.807) is 26.1 Å². The summed E-state index contributed by atoms with van der Waals surface area (Å²) in [5.74, 6) is 0. The lowest BCUT2D eigenvalue weighted by molar-refractivity contribution is 0.156. The van der Waals surface area contributed by atoms with Gasteiger partial charge in [-0.1, -0.05) is 18.2 Å². The van der Waals surface area contributed by atoms with Crippen molar-refractivity contribution in [2.45, 2.75) is 13.8 Å². The molecule has 0 aromatic heterocycles. The maximum Gasteiger partial charge on any atom is 0.316 e. The van der Waals surface area contributed by atoms with Crippen LogP contribution in [0.1, 0.15) is 13.8 Å². The Hall–Kier alpha value is -1.94. The van der Waals surface area contributed by atoms with Gasteiger partial charge in [0.25, 0.3) is 0 Å². The summed E-state index contributed by atoms with van der Waals surface area (Å²) in [4.78, 5) is 18.6. The number of methoxy groups -OCH3 is 1. The molecule has 1 rings (SSSR count). The number of benzene rings is 1. The van der Waals surface area contributed by atoms with Crippen LogP contribution in [0.25, 0.3) is 0 Å². The summed E-state index contributed by atoms with van der Waals surface area (Å²) in [5, 5.41) is 6.41. The lowest BCUT2D eigenvalue weighted by Crippen LogP contribution is -2.34. The van der Waals surface area contributed by atoms with Crippen molar-refractivity contribution < 1.29 is 9.53 Å². The fourth-order valence-electron chi connectivity index (χ4n) is 1.95. The molecule has 0 radical (unpaired) electrons. The van der Waals surface area contributed by atoms with Gasteiger partial charge in [-0.3, -0.25) is 0 Å². The minimum atomic E-state index is -0.0347. The molecule has 0 heterocycles. The van der Waals surface area contributed by atoms with Gasteiger partial charge in [0.15, 0.2) is 5.11 Å². The van der Waals surface area contributed by atoms with Crippen LogP contribution in [0.2, 0.25) is 0 Å². The smallest absolute Gasteiger partial charge is 0.316 e. The minimum Gasteiger partial charge on any atom is -0.383 e. The fraction of sp³-hybridized carbons (Fsp3) is 0.652. The van der Waals surface area contributed by atoms with Crippen molar-refractivity contribution in [2.75, 3.05) is 94.0 Å². The Bertz CT molecular complexity index is 589. The summed E-state index contributed by atoms with van der Waals surface area (Å²) in [6, 6.07) is 9.91. The highest BCUT2D eigenvalue weighted by molar-refractivity contribution is 7.80. The number of anilines is 1. The van der Waals surface area contributed by atoms with Gasteiger partial charge in [-0.05, 0) is 59.3 Å². The second kappa shape index (κ2) is 20.9. The molecule has 2 N–H and O–H groups in total. The summed E-state index contributed by atoms with van der Waals surface area (Å²) in [6.45, 7) is 9.72. The highest BCUT2D eigenvalue weighted by Crippen LogP contribution is 2.05. The average Bonchev–Trinajstić information content (AvgIpc) is 2.81. The lowest BCUT2D eigenvalue weighted by Gasteiger charge is -2.18. The zero-order valence-electron chi connectivity index (χ0n) is 21.6. The van der Waals surface area contributed by atoms with E-state index < -0.39 is 0 Å². The van der Waals surface area contributed by atoms with Crippen LogP contribution in [-0.2, 0) is 4.74 Å². The third-order valence-corrected chi connectivity index (χ3v) is 4.90. The first-order chi connectivity index (χ1) is 15.1. The van der Waals surface area contributed by atoms with Crippen LogP contribution in [0.4, 0.5) is 10.5 Å². The molecular formula is C23H46N6O2S. The Kier molecular flexibility index (Phi) is 21.1. The molecule has 0 fully saturated rings. The molecule has 0 saturated heterocycles. The van der Waals surface area contributed by atoms with E-state index in [-0.39, 0.29) is 6.03 Å². The second-order valence-electron chi connectivity index (χ2n) is 7.48. The maximum atomic E-state index is 10.6. The molecule has 2 amide bonds. The number of hydrogen-bond acceptors (Lipinski definition) is 5. The van der Waals surface area contributed by atoms with Crippen molar-refractivity contribution in [2.24, 2.45) is 0 Å². The molecule has 0 aliphatic rings. The van der Waals surface area contributed by atoms with Crippen molar-refractivity contribution in [1.29, 1.82) is 0 Å². The number of hydrogen-bond donors (Lipinski definition) is 2. The van der Waals surface area contributed by atoms with Gasteiger partial charge in [0.1, 0.15) is 0 Å². The third kappa shape index (κ3) is 18.8. The predicted octanol–water partition coefficient (Wildman–Crippen LogP) is 2.74. The maximum absolute atomic E-state index is 10.6. The van der Waals surface area contributed by atoms with Crippen molar-refractivity contribution in [3.63, 3.8) is 0 Å². The van der Waals surface area contributed by atoms with Crippen LogP contribution in [0.15, 0.2) is 30.3 Å². The van der Waals surface area contributed by atoms with Gasteiger partial charge in [0, 0.05) is 66.7 Å². The van der Waals surface area contributed by atoms with Crippen LogP contribution in [-0.4, -0.2) is 119 Å². The standard InChI is InChI=1S/C10H14N2S.C8H20N2O.C5H12N2O/c1-3-12(2)10(13)11-9-7-5-4-6-8-9;1-9(2)5-6-10(3)7-8-11-4;1-4-7(3)5(8)6-2/h4-8H,3H2,1-2H3,(H,11,13);5-8H2,1-4H3;4H2,1-3H3,(H,6,8). The molecule has 1 aromatic carbocycles. The van der Waals surface area contributed by atoms with Crippen molar-refractivity contribution in [3.05, 3.63) is 30.3 Å². The number of urea groups is 1. The zero-order chi connectivity index (χ0) is 24.9. The Morgan fingerprint density at radius 3 is 1.91 bits per heavy atom. The van der Waals surface area contributed by atoms with E-state index in [2.05, 4.69) is 48.5 Å². The largest absolute Gasteiger partial charge is 0.383 e. The molecule has 8 nitrogen and oxygen atoms in total. The summed E-state index contributed by atoms with van der Waals surface area (Å²) in [6.07, 6.45) is 0. The van der Waals surface area contributed by atoms with Crippen LogP contribution < -0.4 is 10.6 Å². The Morgan fingerprint density at radius 2 is 1.50 bits per heavy atom. The SMILES string of the molecule is CCN(C)C(=O)NC.CCN(C)C(=S)Nc1ccccc1.COCCN(C)CCN(C)C. The van der Waals surface area contributed by atoms with Gasteiger partial charge in [0.2, 0.25) is 0 Å². The molecule has 0 saturated carbocycles. The predicted molar refractivity (Wildman–Crippen MR) is 142 cm³/mol. The summed E-state index contributed by atoms with van der Waals surface area (Å²) >= 11 is 5.17. The monoisotopic (exact) mass is 470 g/mol. The first-order valence-electron chi connectivity index (χ1n) is 10.9. The molecule has 0 atom stereocenters. The molecule has 0 aliphatic carbocycles. The van der Waals surface area contributed by atoms with E-state index in [4.69, 9.17) is 17.0 Å². The Labute approximate surface area is 201 Å². The molecule has 0 unspecified atom stereocenters. The molecule has 0 bridgehead atoms. The molecule has 1 aromatic rings. The number of para-hydroxylation sites is 1. The van der Waals surface area contributed by atoms with E-state index in [9.17, 15) is 4.79 Å². The number of nitrogens with one attached hydrogen (secondary N) is 2. The van der Waals surface area contributed by atoms with Gasteiger partial charge >= 0.3 is 6.03 Å². The summed E-state index contributed by atoms with van der Waals surface area (Å²) in [7, 11) is 13.4. The third-order valence-electron chi connectivity index (χ3n) is 4.49. The van der Waals surface area contributed by atoms with Crippen LogP contribution >= 0.6 is 12.2 Å². The van der Waals surface area contributed by atoms with Crippen LogP contribution in [0, 0.1) is 0 Å². The Balaban J connectivity index is 0. The number of ether oxygens (including phenoxy) is 1. The highest BCUT2D eigenvalue weighted by atomic mass is 32.1. The quantitative estimate of drug-likeness (QED) is 0.538. The van der Waals surface area contributed by atoms with E-state index in [0.717, 1.165) is 50.1 Å². The van der Waals surface area contributed by atoms with E-state index in [1.807, 2.05) is 49.2 Å². The number of nitrogens with zero attached hydrogens (tertiary/aromatic N) is 4. The number of carbonyl (C=O) groups is 1. The summed E-state index contributed by atoms with van der Waals surface area (Å²) in [5.41, 5.74) is 1.04. The zero-order valence-corrected chi connectivity index (χ0v) is 22.5. The van der Waals surface area contributed by atoms with Crippen molar-refractivity contribution >= 4 is 29.0 Å². The minimum absolute atomic E-state index is 0.0347. The van der Waals surface area contributed by atoms with Crippen LogP contribution in [0.5, 0.6) is 0 Å². The molecular weight excluding hydrogens is 424 g/mol. The first kappa shape index (κ1) is 32.2. The first-order valence-corrected chi connectivity index (χ1v) is 11.4. The number of carbonyl (C=O) groups excluding carboxylic acids is 1. The number of thiocarbonyl (C=S) groups is 1. The van der Waals surface area contributed by atoms with Gasteiger partial charge in [-0.2, -0.15) is 0 Å². The Morgan fingerprint density at radius 1 is 0.938 bits per heavy atom. The lowest BCUT2D eigenvalue weighted by atomic mass is 10.3. The second-order valence-corrected chi connectivity index (χ2v) is 7.87. The normalized spacial score (nSPS) is 9.84. The van der Waals surface area contributed by atoms with Crippen molar-refractivity contribution in [3.8, 4) is 0 Å². The van der Waals surface area contributed by atoms with E-state index in [1.165, 1.54) is 0 Å². The molecule has 0 aliphatic heterocycles. The average molecular weight is 471 g/mol. The van der Waals surface area contributed by atoms with Crippen molar-refractivity contribution in [1.82, 2.24) is 24.9 Å². The highest BCUT2D eigenvalue weighted by Gasteiger charge is 2.00. The van der Waals surface area contributed by atoms with Gasteiger partial charge in [0.05, 0.1) is 6.61 Å². The topological polar surface area (TPSA) is 63.3 Å². The molecule has 186 valence electrons. The fourth-order valence-corrected chi connectivity index (χ4v) is 2.20. The number of likely N-dealkylation sites (N-methyl/N-ethyl adjacent to an activating group) is 2. The van der Waals surface area contributed by atoms with E-state index >= 15 is 0 Å². The number of rotatable bonds is 9. The summed E-state index contributed by atoms with van der Waals surface area (Å²) < 4.78 is 4.96. The van der Waals surface area contributed by atoms with Gasteiger partial charge in [-0.15, -0.1) is 0 Å². The molecule has 9 heteroatoms. The molecule has 32 heavy (non-hydrogen) atoms. The van der Waals surface area contributed by atoms with Gasteiger partial charge in [-0.25, -0.2) is 4.79 Å². The number of amides is 2.